The van der Waals surface area contributed by atoms with Crippen molar-refractivity contribution in [3.05, 3.63) is 58.9 Å². The lowest BCUT2D eigenvalue weighted by Gasteiger charge is -2.20. The highest BCUT2D eigenvalue weighted by atomic mass is 35.5. The van der Waals surface area contributed by atoms with Crippen LogP contribution < -0.4 is 4.72 Å². The highest BCUT2D eigenvalue weighted by Crippen LogP contribution is 2.28. The number of hydrogen-bond acceptors (Lipinski definition) is 2. The standard InChI is InChI=1S/C16H17ClFNO2S/c1-16(2,3)14-9-6-12(10-15(14)18)19-22(20,21)13-7-4-11(17)5-8-13/h4-10,19H,1-3H3. The van der Waals surface area contributed by atoms with Crippen LogP contribution in [0.25, 0.3) is 0 Å². The van der Waals surface area contributed by atoms with E-state index in [1.165, 1.54) is 30.3 Å². The maximum Gasteiger partial charge on any atom is 0.261 e. The summed E-state index contributed by atoms with van der Waals surface area (Å²) in [5, 5.41) is 0.444. The average molecular weight is 342 g/mol. The predicted octanol–water partition coefficient (Wildman–Crippen LogP) is 4.58. The summed E-state index contributed by atoms with van der Waals surface area (Å²) in [4.78, 5) is 0.0669. The van der Waals surface area contributed by atoms with Gasteiger partial charge in [-0.2, -0.15) is 0 Å². The summed E-state index contributed by atoms with van der Waals surface area (Å²) in [5.74, 6) is -0.441. The molecule has 3 nitrogen and oxygen atoms in total. The third kappa shape index (κ3) is 3.78. The fourth-order valence-electron chi connectivity index (χ4n) is 2.01. The fourth-order valence-corrected chi connectivity index (χ4v) is 3.19. The van der Waals surface area contributed by atoms with Gasteiger partial charge in [0.15, 0.2) is 0 Å². The number of halogens is 2. The summed E-state index contributed by atoms with van der Waals surface area (Å²) in [6, 6.07) is 10.1. The monoisotopic (exact) mass is 341 g/mol. The van der Waals surface area contributed by atoms with E-state index < -0.39 is 15.8 Å². The summed E-state index contributed by atoms with van der Waals surface area (Å²) >= 11 is 5.74. The van der Waals surface area contributed by atoms with Crippen molar-refractivity contribution in [2.24, 2.45) is 0 Å². The smallest absolute Gasteiger partial charge is 0.261 e. The van der Waals surface area contributed by atoms with Gasteiger partial charge in [-0.25, -0.2) is 12.8 Å². The van der Waals surface area contributed by atoms with E-state index in [9.17, 15) is 12.8 Å². The van der Waals surface area contributed by atoms with Crippen LogP contribution in [0.5, 0.6) is 0 Å². The Balaban J connectivity index is 2.31. The molecule has 22 heavy (non-hydrogen) atoms. The Morgan fingerprint density at radius 3 is 2.14 bits per heavy atom. The van der Waals surface area contributed by atoms with Crippen LogP contribution in [0.3, 0.4) is 0 Å². The van der Waals surface area contributed by atoms with E-state index in [2.05, 4.69) is 4.72 Å². The molecule has 1 N–H and O–H groups in total. The Labute approximate surface area is 135 Å². The zero-order valence-electron chi connectivity index (χ0n) is 12.5. The van der Waals surface area contributed by atoms with Crippen LogP contribution in [-0.4, -0.2) is 8.42 Å². The lowest BCUT2D eigenvalue weighted by molar-refractivity contribution is 0.523. The average Bonchev–Trinajstić information content (AvgIpc) is 2.37. The van der Waals surface area contributed by atoms with Gasteiger partial charge in [0, 0.05) is 5.02 Å². The van der Waals surface area contributed by atoms with Crippen molar-refractivity contribution in [1.82, 2.24) is 0 Å². The SMILES string of the molecule is CC(C)(C)c1ccc(NS(=O)(=O)c2ccc(Cl)cc2)cc1F. The predicted molar refractivity (Wildman–Crippen MR) is 87.4 cm³/mol. The molecule has 0 aliphatic rings. The summed E-state index contributed by atoms with van der Waals surface area (Å²) in [6.45, 7) is 5.68. The second-order valence-corrected chi connectivity index (χ2v) is 8.12. The summed E-state index contributed by atoms with van der Waals surface area (Å²) in [5.41, 5.74) is 0.361. The topological polar surface area (TPSA) is 46.2 Å². The molecule has 0 heterocycles. The lowest BCUT2D eigenvalue weighted by atomic mass is 9.86. The Kier molecular flexibility index (Phi) is 4.49. The van der Waals surface area contributed by atoms with Crippen molar-refractivity contribution < 1.29 is 12.8 Å². The van der Waals surface area contributed by atoms with Crippen LogP contribution >= 0.6 is 11.6 Å². The van der Waals surface area contributed by atoms with Crippen molar-refractivity contribution in [1.29, 1.82) is 0 Å². The Morgan fingerprint density at radius 2 is 1.64 bits per heavy atom. The van der Waals surface area contributed by atoms with Crippen molar-refractivity contribution in [3.63, 3.8) is 0 Å². The molecule has 0 aliphatic heterocycles. The molecule has 0 unspecified atom stereocenters. The van der Waals surface area contributed by atoms with Crippen LogP contribution in [-0.2, 0) is 15.4 Å². The van der Waals surface area contributed by atoms with Crippen LogP contribution in [0.2, 0.25) is 5.02 Å². The molecule has 0 fully saturated rings. The van der Waals surface area contributed by atoms with Gasteiger partial charge in [-0.1, -0.05) is 38.4 Å². The Bertz CT molecular complexity index is 781. The second kappa shape index (κ2) is 5.89. The molecule has 2 rings (SSSR count). The highest BCUT2D eigenvalue weighted by molar-refractivity contribution is 7.92. The third-order valence-corrected chi connectivity index (χ3v) is 4.80. The number of nitrogens with one attached hydrogen (secondary N) is 1. The number of hydrogen-bond donors (Lipinski definition) is 1. The van der Waals surface area contributed by atoms with E-state index >= 15 is 0 Å². The van der Waals surface area contributed by atoms with Gasteiger partial charge in [-0.3, -0.25) is 4.72 Å². The lowest BCUT2D eigenvalue weighted by Crippen LogP contribution is -2.16. The number of rotatable bonds is 3. The van der Waals surface area contributed by atoms with Gasteiger partial charge < -0.3 is 0 Å². The van der Waals surface area contributed by atoms with Crippen LogP contribution in [0, 0.1) is 5.82 Å². The summed E-state index contributed by atoms with van der Waals surface area (Å²) in [6.07, 6.45) is 0. The third-order valence-electron chi connectivity index (χ3n) is 3.15. The van der Waals surface area contributed by atoms with E-state index in [0.29, 0.717) is 10.6 Å². The van der Waals surface area contributed by atoms with E-state index in [1.54, 1.807) is 12.1 Å². The molecule has 118 valence electrons. The molecule has 0 amide bonds. The number of sulfonamides is 1. The van der Waals surface area contributed by atoms with Crippen molar-refractivity contribution in [3.8, 4) is 0 Å². The normalized spacial score (nSPS) is 12.2. The van der Waals surface area contributed by atoms with Crippen molar-refractivity contribution in [2.45, 2.75) is 31.1 Å². The maximum atomic E-state index is 14.1. The maximum absolute atomic E-state index is 14.1. The molecule has 6 heteroatoms. The van der Waals surface area contributed by atoms with Gasteiger partial charge in [-0.15, -0.1) is 0 Å². The van der Waals surface area contributed by atoms with Crippen molar-refractivity contribution in [2.75, 3.05) is 4.72 Å². The Hall–Kier alpha value is -1.59. The van der Waals surface area contributed by atoms with E-state index in [4.69, 9.17) is 11.6 Å². The molecule has 0 aromatic heterocycles. The molecule has 0 atom stereocenters. The van der Waals surface area contributed by atoms with Gasteiger partial charge in [0.05, 0.1) is 10.6 Å². The van der Waals surface area contributed by atoms with Gasteiger partial charge >= 0.3 is 0 Å². The minimum atomic E-state index is -3.77. The largest absolute Gasteiger partial charge is 0.280 e. The molecular formula is C16H17ClFNO2S. The first kappa shape index (κ1) is 16.8. The zero-order chi connectivity index (χ0) is 16.5. The fraction of sp³-hybridized carbons (Fsp3) is 0.250. The van der Waals surface area contributed by atoms with E-state index in [1.807, 2.05) is 20.8 Å². The molecule has 0 aliphatic carbocycles. The Morgan fingerprint density at radius 1 is 1.05 bits per heavy atom. The molecule has 0 saturated heterocycles. The minimum Gasteiger partial charge on any atom is -0.280 e. The van der Waals surface area contributed by atoms with Crippen LogP contribution in [0.15, 0.2) is 47.4 Å². The van der Waals surface area contributed by atoms with E-state index in [-0.39, 0.29) is 16.0 Å². The summed E-state index contributed by atoms with van der Waals surface area (Å²) in [7, 11) is -3.77. The van der Waals surface area contributed by atoms with Gasteiger partial charge in [0.25, 0.3) is 10.0 Å². The molecular weight excluding hydrogens is 325 g/mol. The van der Waals surface area contributed by atoms with E-state index in [0.717, 1.165) is 0 Å². The molecule has 0 bridgehead atoms. The highest BCUT2D eigenvalue weighted by Gasteiger charge is 2.20. The summed E-state index contributed by atoms with van der Waals surface area (Å²) < 4.78 is 40.9. The minimum absolute atomic E-state index is 0.0669. The zero-order valence-corrected chi connectivity index (χ0v) is 14.1. The first-order chi connectivity index (χ1) is 10.1. The first-order valence-electron chi connectivity index (χ1n) is 6.68. The molecule has 2 aromatic rings. The number of benzene rings is 2. The molecule has 0 spiro atoms. The number of anilines is 1. The van der Waals surface area contributed by atoms with Crippen LogP contribution in [0.1, 0.15) is 26.3 Å². The van der Waals surface area contributed by atoms with Gasteiger partial charge in [0.2, 0.25) is 0 Å². The van der Waals surface area contributed by atoms with Crippen molar-refractivity contribution >= 4 is 27.3 Å². The molecule has 2 aromatic carbocycles. The van der Waals surface area contributed by atoms with Gasteiger partial charge in [0.1, 0.15) is 5.82 Å². The molecule has 0 radical (unpaired) electrons. The quantitative estimate of drug-likeness (QED) is 0.888. The second-order valence-electron chi connectivity index (χ2n) is 6.00. The van der Waals surface area contributed by atoms with Gasteiger partial charge in [-0.05, 0) is 47.4 Å². The first-order valence-corrected chi connectivity index (χ1v) is 8.54. The molecule has 0 saturated carbocycles. The van der Waals surface area contributed by atoms with Crippen LogP contribution in [0.4, 0.5) is 10.1 Å².